The second-order valence-electron chi connectivity index (χ2n) is 3.47. The molecular weight excluding hydrogens is 184 g/mol. The number of nitrogens with two attached hydrogens (primary N) is 1. The van der Waals surface area contributed by atoms with Gasteiger partial charge in [0.2, 0.25) is 5.91 Å². The third kappa shape index (κ3) is 3.56. The van der Waals surface area contributed by atoms with E-state index in [1.165, 1.54) is 32.1 Å². The van der Waals surface area contributed by atoms with Crippen molar-refractivity contribution in [1.82, 2.24) is 5.32 Å². The first-order valence-electron chi connectivity index (χ1n) is 4.86. The van der Waals surface area contributed by atoms with Crippen molar-refractivity contribution < 1.29 is 4.79 Å². The maximum Gasteiger partial charge on any atom is 0.244 e. The van der Waals surface area contributed by atoms with Crippen molar-refractivity contribution >= 4 is 17.7 Å². The van der Waals surface area contributed by atoms with E-state index in [9.17, 15) is 4.79 Å². The van der Waals surface area contributed by atoms with Gasteiger partial charge in [-0.3, -0.25) is 4.79 Å². The molecule has 3 nitrogen and oxygen atoms in total. The number of carbonyl (C=O) groups excluding carboxylic acids is 1. The number of carbonyl (C=O) groups is 1. The molecule has 4 heteroatoms. The van der Waals surface area contributed by atoms with E-state index in [1.807, 2.05) is 0 Å². The molecule has 0 saturated heterocycles. The van der Waals surface area contributed by atoms with Gasteiger partial charge in [0, 0.05) is 5.25 Å². The maximum atomic E-state index is 10.9. The number of primary amides is 1. The third-order valence-electron chi connectivity index (χ3n) is 2.40. The predicted octanol–water partition coefficient (Wildman–Crippen LogP) is 1.08. The van der Waals surface area contributed by atoms with Crippen LogP contribution < -0.4 is 11.1 Å². The van der Waals surface area contributed by atoms with Gasteiger partial charge in [-0.05, 0) is 19.9 Å². The number of rotatable bonds is 4. The van der Waals surface area contributed by atoms with E-state index in [2.05, 4.69) is 5.32 Å². The molecule has 0 spiro atoms. The van der Waals surface area contributed by atoms with Gasteiger partial charge >= 0.3 is 0 Å². The van der Waals surface area contributed by atoms with Gasteiger partial charge in [-0.25, -0.2) is 0 Å². The molecule has 0 unspecified atom stereocenters. The molecule has 0 aromatic carbocycles. The van der Waals surface area contributed by atoms with Crippen LogP contribution in [0.1, 0.15) is 32.1 Å². The van der Waals surface area contributed by atoms with E-state index in [0.29, 0.717) is 5.25 Å². The lowest BCUT2D eigenvalue weighted by Gasteiger charge is -2.24. The van der Waals surface area contributed by atoms with Gasteiger partial charge in [0.25, 0.3) is 0 Å². The first-order valence-corrected chi connectivity index (χ1v) is 5.80. The van der Waals surface area contributed by atoms with Crippen molar-refractivity contribution in [3.8, 4) is 0 Å². The normalized spacial score (nSPS) is 21.3. The summed E-state index contributed by atoms with van der Waals surface area (Å²) in [6.07, 6.45) is 6.41. The molecule has 1 aliphatic carbocycles. The smallest absolute Gasteiger partial charge is 0.244 e. The minimum Gasteiger partial charge on any atom is -0.368 e. The van der Waals surface area contributed by atoms with Crippen LogP contribution in [-0.2, 0) is 4.79 Å². The van der Waals surface area contributed by atoms with Crippen LogP contribution in [0.2, 0.25) is 0 Å². The fourth-order valence-electron chi connectivity index (χ4n) is 1.67. The Labute approximate surface area is 83.8 Å². The molecule has 0 aromatic heterocycles. The van der Waals surface area contributed by atoms with Crippen molar-refractivity contribution in [2.45, 2.75) is 42.7 Å². The molecule has 1 amide bonds. The molecule has 3 N–H and O–H groups in total. The van der Waals surface area contributed by atoms with Gasteiger partial charge in [-0.15, -0.1) is 11.8 Å². The van der Waals surface area contributed by atoms with Crippen LogP contribution in [0.25, 0.3) is 0 Å². The lowest BCUT2D eigenvalue weighted by molar-refractivity contribution is -0.117. The zero-order valence-electron chi connectivity index (χ0n) is 8.08. The van der Waals surface area contributed by atoms with E-state index >= 15 is 0 Å². The summed E-state index contributed by atoms with van der Waals surface area (Å²) in [5, 5.41) is 3.36. The van der Waals surface area contributed by atoms with Crippen LogP contribution in [0.5, 0.6) is 0 Å². The van der Waals surface area contributed by atoms with Crippen molar-refractivity contribution in [1.29, 1.82) is 0 Å². The Balaban J connectivity index is 2.31. The molecule has 1 saturated carbocycles. The Morgan fingerprint density at radius 1 is 1.46 bits per heavy atom. The summed E-state index contributed by atoms with van der Waals surface area (Å²) in [6, 6.07) is 0. The molecule has 1 aliphatic rings. The third-order valence-corrected chi connectivity index (χ3v) is 4.00. The summed E-state index contributed by atoms with van der Waals surface area (Å²) >= 11 is 1.69. The highest BCUT2D eigenvalue weighted by Crippen LogP contribution is 2.29. The second-order valence-corrected chi connectivity index (χ2v) is 4.88. The number of thioether (sulfide) groups is 1. The van der Waals surface area contributed by atoms with Crippen LogP contribution in [0.4, 0.5) is 0 Å². The fraction of sp³-hybridized carbons (Fsp3) is 0.889. The molecule has 0 radical (unpaired) electrons. The minimum atomic E-state index is -0.252. The molecule has 0 aliphatic heterocycles. The van der Waals surface area contributed by atoms with Crippen molar-refractivity contribution in [3.63, 3.8) is 0 Å². The molecule has 1 fully saturated rings. The molecule has 0 heterocycles. The highest BCUT2D eigenvalue weighted by atomic mass is 32.2. The van der Waals surface area contributed by atoms with Gasteiger partial charge in [-0.2, -0.15) is 0 Å². The summed E-state index contributed by atoms with van der Waals surface area (Å²) in [6.45, 7) is 0. The van der Waals surface area contributed by atoms with Gasteiger partial charge in [0.15, 0.2) is 0 Å². The van der Waals surface area contributed by atoms with Gasteiger partial charge in [-0.1, -0.05) is 19.3 Å². The summed E-state index contributed by atoms with van der Waals surface area (Å²) in [4.78, 5) is 10.9. The number of amides is 1. The minimum absolute atomic E-state index is 0.205. The topological polar surface area (TPSA) is 55.1 Å². The predicted molar refractivity (Wildman–Crippen MR) is 56.5 cm³/mol. The van der Waals surface area contributed by atoms with E-state index < -0.39 is 0 Å². The second kappa shape index (κ2) is 5.50. The summed E-state index contributed by atoms with van der Waals surface area (Å²) in [7, 11) is 1.78. The average molecular weight is 202 g/mol. The highest BCUT2D eigenvalue weighted by molar-refractivity contribution is 8.01. The van der Waals surface area contributed by atoms with Crippen LogP contribution >= 0.6 is 11.8 Å². The largest absolute Gasteiger partial charge is 0.368 e. The number of nitrogens with one attached hydrogen (secondary N) is 1. The quantitative estimate of drug-likeness (QED) is 0.671. The number of hydrogen-bond donors (Lipinski definition) is 2. The van der Waals surface area contributed by atoms with E-state index in [4.69, 9.17) is 5.73 Å². The van der Waals surface area contributed by atoms with Gasteiger partial charge < -0.3 is 11.1 Å². The Kier molecular flexibility index (Phi) is 4.59. The maximum absolute atomic E-state index is 10.9. The first-order chi connectivity index (χ1) is 6.24. The summed E-state index contributed by atoms with van der Waals surface area (Å²) < 4.78 is 0. The molecular formula is C9H18N2OS. The highest BCUT2D eigenvalue weighted by Gasteiger charge is 2.21. The van der Waals surface area contributed by atoms with Crippen LogP contribution in [0, 0.1) is 0 Å². The van der Waals surface area contributed by atoms with Gasteiger partial charge in [0.1, 0.15) is 5.37 Å². The van der Waals surface area contributed by atoms with Crippen molar-refractivity contribution in [2.75, 3.05) is 7.05 Å². The molecule has 0 aromatic rings. The van der Waals surface area contributed by atoms with Crippen LogP contribution in [0.15, 0.2) is 0 Å². The zero-order valence-corrected chi connectivity index (χ0v) is 8.90. The average Bonchev–Trinajstić information content (AvgIpc) is 2.15. The molecule has 1 rings (SSSR count). The Morgan fingerprint density at radius 2 is 2.08 bits per heavy atom. The molecule has 76 valence electrons. The van der Waals surface area contributed by atoms with E-state index in [0.717, 1.165) is 0 Å². The molecule has 0 bridgehead atoms. The Morgan fingerprint density at radius 3 is 2.54 bits per heavy atom. The first kappa shape index (κ1) is 10.9. The van der Waals surface area contributed by atoms with E-state index in [1.54, 1.807) is 18.8 Å². The monoisotopic (exact) mass is 202 g/mol. The Hall–Kier alpha value is -0.220. The van der Waals surface area contributed by atoms with Crippen molar-refractivity contribution in [2.24, 2.45) is 5.73 Å². The SMILES string of the molecule is CN[C@@H](SC1CCCCC1)C(N)=O. The lowest BCUT2D eigenvalue weighted by atomic mass is 10.0. The number of likely N-dealkylation sites (N-methyl/N-ethyl adjacent to an activating group) is 1. The summed E-state index contributed by atoms with van der Waals surface area (Å²) in [5.74, 6) is -0.252. The van der Waals surface area contributed by atoms with Gasteiger partial charge in [0.05, 0.1) is 0 Å². The van der Waals surface area contributed by atoms with Crippen LogP contribution in [-0.4, -0.2) is 23.6 Å². The standard InChI is InChI=1S/C9H18N2OS/c1-11-9(8(10)12)13-7-5-3-2-4-6-7/h7,9,11H,2-6H2,1H3,(H2,10,12)/t9-/m0/s1. The molecule has 13 heavy (non-hydrogen) atoms. The molecule has 1 atom stereocenters. The Bertz CT molecular complexity index is 169. The lowest BCUT2D eigenvalue weighted by Crippen LogP contribution is -2.38. The summed E-state index contributed by atoms with van der Waals surface area (Å²) in [5.41, 5.74) is 5.24. The zero-order chi connectivity index (χ0) is 9.68. The number of hydrogen-bond acceptors (Lipinski definition) is 3. The van der Waals surface area contributed by atoms with E-state index in [-0.39, 0.29) is 11.3 Å². The van der Waals surface area contributed by atoms with Crippen LogP contribution in [0.3, 0.4) is 0 Å². The fourth-order valence-corrected chi connectivity index (χ4v) is 2.93. The van der Waals surface area contributed by atoms with Crippen molar-refractivity contribution in [3.05, 3.63) is 0 Å².